The molecule has 4 rings (SSSR count). The summed E-state index contributed by atoms with van der Waals surface area (Å²) in [6.45, 7) is 5.16. The van der Waals surface area contributed by atoms with E-state index >= 15 is 0 Å². The largest absolute Gasteiger partial charge is 0.451 e. The van der Waals surface area contributed by atoms with Gasteiger partial charge in [0, 0.05) is 43.4 Å². The molecule has 1 aliphatic rings. The Labute approximate surface area is 169 Å². The molecular formula is C21H25N5O3. The number of hydrogen-bond donors (Lipinski definition) is 1. The van der Waals surface area contributed by atoms with Crippen LogP contribution >= 0.6 is 0 Å². The summed E-state index contributed by atoms with van der Waals surface area (Å²) in [7, 11) is 3.86. The van der Waals surface area contributed by atoms with Crippen molar-refractivity contribution in [3.8, 4) is 0 Å². The highest BCUT2D eigenvalue weighted by atomic mass is 16.3. The number of fused-ring (bicyclic) bond motifs is 1. The van der Waals surface area contributed by atoms with Crippen LogP contribution in [0.2, 0.25) is 0 Å². The van der Waals surface area contributed by atoms with Crippen molar-refractivity contribution in [2.75, 3.05) is 38.5 Å². The minimum Gasteiger partial charge on any atom is -0.451 e. The molecule has 1 saturated heterocycles. The number of rotatable bonds is 3. The van der Waals surface area contributed by atoms with Crippen LogP contribution in [-0.2, 0) is 7.05 Å². The first-order valence-electron chi connectivity index (χ1n) is 9.74. The van der Waals surface area contributed by atoms with Gasteiger partial charge in [0.2, 0.25) is 0 Å². The molecule has 29 heavy (non-hydrogen) atoms. The number of aromatic nitrogens is 2. The van der Waals surface area contributed by atoms with Crippen LogP contribution in [0.25, 0.3) is 11.0 Å². The van der Waals surface area contributed by atoms with Crippen LogP contribution in [0.5, 0.6) is 0 Å². The van der Waals surface area contributed by atoms with Gasteiger partial charge in [0.1, 0.15) is 5.58 Å². The smallest absolute Gasteiger partial charge is 0.289 e. The quantitative estimate of drug-likeness (QED) is 0.737. The number of nitrogens with one attached hydrogen (secondary N) is 1. The van der Waals surface area contributed by atoms with E-state index in [1.165, 1.54) is 0 Å². The average molecular weight is 395 g/mol. The maximum Gasteiger partial charge on any atom is 0.289 e. The van der Waals surface area contributed by atoms with Crippen molar-refractivity contribution in [2.24, 2.45) is 7.05 Å². The molecule has 3 heterocycles. The highest BCUT2D eigenvalue weighted by Crippen LogP contribution is 2.24. The van der Waals surface area contributed by atoms with Gasteiger partial charge in [-0.2, -0.15) is 5.10 Å². The number of furan rings is 1. The van der Waals surface area contributed by atoms with E-state index < -0.39 is 0 Å². The Morgan fingerprint density at radius 3 is 2.66 bits per heavy atom. The Kier molecular flexibility index (Phi) is 5.10. The zero-order valence-corrected chi connectivity index (χ0v) is 16.9. The van der Waals surface area contributed by atoms with Crippen molar-refractivity contribution in [3.05, 3.63) is 47.5 Å². The van der Waals surface area contributed by atoms with E-state index in [0.29, 0.717) is 29.3 Å². The number of hydrogen-bond acceptors (Lipinski definition) is 5. The molecule has 0 unspecified atom stereocenters. The average Bonchev–Trinajstić information content (AvgIpc) is 3.19. The lowest BCUT2D eigenvalue weighted by Gasteiger charge is -2.18. The van der Waals surface area contributed by atoms with Crippen molar-refractivity contribution in [2.45, 2.75) is 13.3 Å². The Hall–Kier alpha value is -3.13. The van der Waals surface area contributed by atoms with Gasteiger partial charge in [-0.15, -0.1) is 0 Å². The topological polar surface area (TPSA) is 83.6 Å². The zero-order chi connectivity index (χ0) is 20.5. The molecule has 2 amide bonds. The van der Waals surface area contributed by atoms with Crippen LogP contribution in [0.3, 0.4) is 0 Å². The molecular weight excluding hydrogens is 370 g/mol. The molecule has 8 heteroatoms. The number of anilines is 1. The second-order valence-electron chi connectivity index (χ2n) is 7.56. The predicted octanol–water partition coefficient (Wildman–Crippen LogP) is 2.50. The van der Waals surface area contributed by atoms with Gasteiger partial charge in [0.25, 0.3) is 11.8 Å². The van der Waals surface area contributed by atoms with Crippen LogP contribution in [0.4, 0.5) is 5.69 Å². The second kappa shape index (κ2) is 7.71. The first-order valence-corrected chi connectivity index (χ1v) is 9.74. The Morgan fingerprint density at radius 1 is 1.07 bits per heavy atom. The molecule has 1 aliphatic heterocycles. The van der Waals surface area contributed by atoms with Crippen LogP contribution in [0, 0.1) is 6.92 Å². The third-order valence-electron chi connectivity index (χ3n) is 5.34. The van der Waals surface area contributed by atoms with E-state index in [4.69, 9.17) is 4.42 Å². The molecule has 8 nitrogen and oxygen atoms in total. The van der Waals surface area contributed by atoms with Crippen LogP contribution in [0.15, 0.2) is 34.7 Å². The van der Waals surface area contributed by atoms with Crippen LogP contribution < -0.4 is 5.32 Å². The van der Waals surface area contributed by atoms with Crippen molar-refractivity contribution < 1.29 is 14.0 Å². The van der Waals surface area contributed by atoms with E-state index in [9.17, 15) is 9.59 Å². The summed E-state index contributed by atoms with van der Waals surface area (Å²) in [6, 6.07) is 8.81. The normalized spacial score (nSPS) is 15.5. The number of aryl methyl sites for hydroxylation is 2. The maximum absolute atomic E-state index is 12.8. The zero-order valence-electron chi connectivity index (χ0n) is 16.9. The summed E-state index contributed by atoms with van der Waals surface area (Å²) in [6.07, 6.45) is 0.950. The molecule has 1 aromatic carbocycles. The number of amides is 2. The first-order chi connectivity index (χ1) is 13.9. The van der Waals surface area contributed by atoms with Crippen molar-refractivity contribution in [3.63, 3.8) is 0 Å². The Bertz CT molecular complexity index is 1050. The predicted molar refractivity (Wildman–Crippen MR) is 110 cm³/mol. The summed E-state index contributed by atoms with van der Waals surface area (Å²) >= 11 is 0. The summed E-state index contributed by atoms with van der Waals surface area (Å²) in [5.74, 6) is -0.0408. The van der Waals surface area contributed by atoms with E-state index in [0.717, 1.165) is 37.1 Å². The second-order valence-corrected chi connectivity index (χ2v) is 7.56. The molecule has 3 aromatic rings. The summed E-state index contributed by atoms with van der Waals surface area (Å²) in [4.78, 5) is 29.3. The molecule has 0 radical (unpaired) electrons. The molecule has 1 N–H and O–H groups in total. The molecule has 0 aliphatic carbocycles. The van der Waals surface area contributed by atoms with E-state index in [2.05, 4.69) is 22.4 Å². The molecule has 0 saturated carbocycles. The lowest BCUT2D eigenvalue weighted by molar-refractivity contribution is 0.0733. The minimum absolute atomic E-state index is 0.0916. The molecule has 0 bridgehead atoms. The number of carbonyl (C=O) groups excluding carboxylic acids is 2. The van der Waals surface area contributed by atoms with Crippen LogP contribution in [0.1, 0.15) is 33.2 Å². The lowest BCUT2D eigenvalue weighted by Crippen LogP contribution is -2.34. The Balaban J connectivity index is 1.51. The lowest BCUT2D eigenvalue weighted by atomic mass is 10.2. The standard InChI is InChI=1S/C21H25N5O3/c1-14-11-17(23-25(14)3)20(27)22-16-5-6-18-15(12-16)13-19(29-18)21(28)26-8-4-7-24(2)9-10-26/h5-6,11-13H,4,7-10H2,1-3H3,(H,22,27). The van der Waals surface area contributed by atoms with Gasteiger partial charge in [0.15, 0.2) is 11.5 Å². The van der Waals surface area contributed by atoms with Gasteiger partial charge in [-0.3, -0.25) is 14.3 Å². The van der Waals surface area contributed by atoms with Gasteiger partial charge in [-0.05, 0) is 57.3 Å². The molecule has 0 atom stereocenters. The molecule has 0 spiro atoms. The number of likely N-dealkylation sites (N-methyl/N-ethyl adjacent to an activating group) is 1. The first kappa shape index (κ1) is 19.2. The monoisotopic (exact) mass is 395 g/mol. The number of carbonyl (C=O) groups is 2. The fourth-order valence-electron chi connectivity index (χ4n) is 3.50. The molecule has 1 fully saturated rings. The summed E-state index contributed by atoms with van der Waals surface area (Å²) < 4.78 is 7.44. The Morgan fingerprint density at radius 2 is 1.90 bits per heavy atom. The van der Waals surface area contributed by atoms with Gasteiger partial charge in [0.05, 0.1) is 0 Å². The third-order valence-corrected chi connectivity index (χ3v) is 5.34. The van der Waals surface area contributed by atoms with Crippen LogP contribution in [-0.4, -0.2) is 64.6 Å². The van der Waals surface area contributed by atoms with E-state index in [-0.39, 0.29) is 11.8 Å². The number of benzene rings is 1. The van der Waals surface area contributed by atoms with Gasteiger partial charge in [-0.1, -0.05) is 0 Å². The van der Waals surface area contributed by atoms with Gasteiger partial charge >= 0.3 is 0 Å². The van der Waals surface area contributed by atoms with Crippen molar-refractivity contribution in [1.82, 2.24) is 19.6 Å². The summed E-state index contributed by atoms with van der Waals surface area (Å²) in [5.41, 5.74) is 2.51. The SMILES string of the molecule is Cc1cc(C(=O)Nc2ccc3oc(C(=O)N4CCCN(C)CC4)cc3c2)nn1C. The number of nitrogens with zero attached hydrogens (tertiary/aromatic N) is 4. The van der Waals surface area contributed by atoms with Crippen molar-refractivity contribution in [1.29, 1.82) is 0 Å². The van der Waals surface area contributed by atoms with Crippen molar-refractivity contribution >= 4 is 28.5 Å². The van der Waals surface area contributed by atoms with E-state index in [1.807, 2.05) is 11.8 Å². The fraction of sp³-hybridized carbons (Fsp3) is 0.381. The summed E-state index contributed by atoms with van der Waals surface area (Å²) in [5, 5.41) is 7.82. The molecule has 152 valence electrons. The maximum atomic E-state index is 12.8. The highest BCUT2D eigenvalue weighted by molar-refractivity contribution is 6.04. The van der Waals surface area contributed by atoms with E-state index in [1.54, 1.807) is 42.1 Å². The van der Waals surface area contributed by atoms with Gasteiger partial charge in [-0.25, -0.2) is 0 Å². The fourth-order valence-corrected chi connectivity index (χ4v) is 3.50. The minimum atomic E-state index is -0.276. The highest BCUT2D eigenvalue weighted by Gasteiger charge is 2.22. The third kappa shape index (κ3) is 4.02. The van der Waals surface area contributed by atoms with Gasteiger partial charge < -0.3 is 19.5 Å². The molecule has 2 aromatic heterocycles.